The molecule has 1 aromatic rings. The first kappa shape index (κ1) is 10.6. The number of hydrogen-bond donors (Lipinski definition) is 1. The normalized spacial score (nSPS) is 30.2. The monoisotopic (exact) mass is 231 g/mol. The van der Waals surface area contributed by atoms with Gasteiger partial charge in [0.25, 0.3) is 5.91 Å². The summed E-state index contributed by atoms with van der Waals surface area (Å²) in [7, 11) is 0. The van der Waals surface area contributed by atoms with Crippen molar-refractivity contribution in [2.45, 2.75) is 19.8 Å². The lowest BCUT2D eigenvalue weighted by atomic mass is 10.0. The molecule has 4 nitrogen and oxygen atoms in total. The largest absolute Gasteiger partial charge is 0.365 e. The maximum absolute atomic E-state index is 11.4. The molecule has 1 aliphatic carbocycles. The van der Waals surface area contributed by atoms with Gasteiger partial charge in [0.1, 0.15) is 5.82 Å². The zero-order valence-electron chi connectivity index (χ0n) is 10.0. The smallest absolute Gasteiger partial charge is 0.252 e. The van der Waals surface area contributed by atoms with Crippen molar-refractivity contribution in [1.29, 1.82) is 0 Å². The number of primary amides is 1. The van der Waals surface area contributed by atoms with Crippen molar-refractivity contribution in [3.8, 4) is 0 Å². The third kappa shape index (κ3) is 1.51. The topological polar surface area (TPSA) is 59.2 Å². The third-order valence-corrected chi connectivity index (χ3v) is 4.36. The Hall–Kier alpha value is -1.58. The van der Waals surface area contributed by atoms with Crippen molar-refractivity contribution in [3.05, 3.63) is 23.9 Å². The van der Waals surface area contributed by atoms with Crippen LogP contribution in [0.15, 0.2) is 18.3 Å². The zero-order valence-corrected chi connectivity index (χ0v) is 10.0. The van der Waals surface area contributed by atoms with Gasteiger partial charge < -0.3 is 10.6 Å². The van der Waals surface area contributed by atoms with Gasteiger partial charge in [-0.25, -0.2) is 4.98 Å². The van der Waals surface area contributed by atoms with Gasteiger partial charge >= 0.3 is 0 Å². The van der Waals surface area contributed by atoms with Crippen molar-refractivity contribution < 1.29 is 4.79 Å². The van der Waals surface area contributed by atoms with E-state index in [0.29, 0.717) is 11.0 Å². The highest BCUT2D eigenvalue weighted by Crippen LogP contribution is 2.60. The minimum absolute atomic E-state index is 0.390. The Morgan fingerprint density at radius 2 is 2.53 bits per heavy atom. The first-order valence-corrected chi connectivity index (χ1v) is 6.16. The first-order valence-electron chi connectivity index (χ1n) is 6.16. The number of piperidine rings is 1. The fourth-order valence-electron chi connectivity index (χ4n) is 3.14. The molecule has 1 amide bonds. The van der Waals surface area contributed by atoms with Crippen LogP contribution in [0.4, 0.5) is 5.82 Å². The Kier molecular flexibility index (Phi) is 2.15. The van der Waals surface area contributed by atoms with Crippen LogP contribution in [0.1, 0.15) is 30.1 Å². The predicted molar refractivity (Wildman–Crippen MR) is 65.8 cm³/mol. The van der Waals surface area contributed by atoms with Crippen LogP contribution in [0.5, 0.6) is 0 Å². The van der Waals surface area contributed by atoms with Crippen LogP contribution in [0, 0.1) is 11.3 Å². The van der Waals surface area contributed by atoms with E-state index in [0.717, 1.165) is 24.8 Å². The lowest BCUT2D eigenvalue weighted by Gasteiger charge is -2.23. The lowest BCUT2D eigenvalue weighted by molar-refractivity contribution is 0.100. The maximum Gasteiger partial charge on any atom is 0.252 e. The van der Waals surface area contributed by atoms with E-state index >= 15 is 0 Å². The standard InChI is InChI=1S/C13H17N3O/c1-2-13-6-9(13)7-16(8-13)12-10(11(14)17)4-3-5-15-12/h3-5,9H,2,6-8H2,1H3,(H2,14,17). The van der Waals surface area contributed by atoms with E-state index in [1.807, 2.05) is 0 Å². The predicted octanol–water partition coefficient (Wildman–Crippen LogP) is 1.42. The van der Waals surface area contributed by atoms with Crippen LogP contribution in [-0.4, -0.2) is 24.0 Å². The number of amides is 1. The second kappa shape index (κ2) is 3.45. The number of aromatic nitrogens is 1. The minimum atomic E-state index is -0.390. The van der Waals surface area contributed by atoms with E-state index in [4.69, 9.17) is 5.73 Å². The summed E-state index contributed by atoms with van der Waals surface area (Å²) in [5.74, 6) is 1.16. The molecule has 4 heteroatoms. The Morgan fingerprint density at radius 3 is 3.18 bits per heavy atom. The second-order valence-corrected chi connectivity index (χ2v) is 5.24. The van der Waals surface area contributed by atoms with Crippen LogP contribution < -0.4 is 10.6 Å². The molecule has 0 spiro atoms. The summed E-state index contributed by atoms with van der Waals surface area (Å²) in [5, 5.41) is 0. The number of carbonyl (C=O) groups excluding carboxylic acids is 1. The average molecular weight is 231 g/mol. The van der Waals surface area contributed by atoms with Gasteiger partial charge in [0.2, 0.25) is 0 Å². The van der Waals surface area contributed by atoms with Gasteiger partial charge in [0, 0.05) is 19.3 Å². The molecule has 2 atom stereocenters. The van der Waals surface area contributed by atoms with Crippen molar-refractivity contribution in [2.75, 3.05) is 18.0 Å². The summed E-state index contributed by atoms with van der Waals surface area (Å²) in [4.78, 5) is 17.9. The highest BCUT2D eigenvalue weighted by Gasteiger charge is 2.58. The quantitative estimate of drug-likeness (QED) is 0.855. The van der Waals surface area contributed by atoms with Crippen molar-refractivity contribution in [2.24, 2.45) is 17.1 Å². The van der Waals surface area contributed by atoms with Gasteiger partial charge in [-0.15, -0.1) is 0 Å². The molecule has 1 aromatic heterocycles. The SMILES string of the molecule is CCC12CC1CN(c1ncccc1C(N)=O)C2. The lowest BCUT2D eigenvalue weighted by Crippen LogP contribution is -2.28. The molecular formula is C13H17N3O. The van der Waals surface area contributed by atoms with E-state index in [9.17, 15) is 4.79 Å². The van der Waals surface area contributed by atoms with E-state index in [-0.39, 0.29) is 5.91 Å². The molecule has 0 aromatic carbocycles. The summed E-state index contributed by atoms with van der Waals surface area (Å²) in [6, 6.07) is 3.52. The van der Waals surface area contributed by atoms with Crippen LogP contribution in [0.2, 0.25) is 0 Å². The van der Waals surface area contributed by atoms with Crippen molar-refractivity contribution >= 4 is 11.7 Å². The molecule has 2 unspecified atom stereocenters. The summed E-state index contributed by atoms with van der Waals surface area (Å²) < 4.78 is 0. The molecule has 2 aliphatic rings. The summed E-state index contributed by atoms with van der Waals surface area (Å²) in [6.45, 7) is 4.29. The summed E-state index contributed by atoms with van der Waals surface area (Å²) in [6.07, 6.45) is 4.27. The zero-order chi connectivity index (χ0) is 12.0. The van der Waals surface area contributed by atoms with E-state index in [1.165, 1.54) is 12.8 Å². The fourth-order valence-corrected chi connectivity index (χ4v) is 3.14. The van der Waals surface area contributed by atoms with Gasteiger partial charge in [-0.2, -0.15) is 0 Å². The van der Waals surface area contributed by atoms with Crippen LogP contribution in [0.3, 0.4) is 0 Å². The number of pyridine rings is 1. The van der Waals surface area contributed by atoms with Gasteiger partial charge in [-0.05, 0) is 36.3 Å². The van der Waals surface area contributed by atoms with E-state index in [2.05, 4.69) is 16.8 Å². The minimum Gasteiger partial charge on any atom is -0.365 e. The first-order chi connectivity index (χ1) is 8.16. The number of hydrogen-bond acceptors (Lipinski definition) is 3. The number of carbonyl (C=O) groups is 1. The second-order valence-electron chi connectivity index (χ2n) is 5.24. The molecular weight excluding hydrogens is 214 g/mol. The van der Waals surface area contributed by atoms with E-state index < -0.39 is 0 Å². The van der Waals surface area contributed by atoms with Crippen molar-refractivity contribution in [3.63, 3.8) is 0 Å². The molecule has 17 heavy (non-hydrogen) atoms. The molecule has 0 radical (unpaired) electrons. The Balaban J connectivity index is 1.89. The molecule has 2 N–H and O–H groups in total. The van der Waals surface area contributed by atoms with E-state index in [1.54, 1.807) is 18.3 Å². The Bertz CT molecular complexity index is 469. The highest BCUT2D eigenvalue weighted by atomic mass is 16.1. The van der Waals surface area contributed by atoms with Gasteiger partial charge in [-0.3, -0.25) is 4.79 Å². The number of nitrogens with zero attached hydrogens (tertiary/aromatic N) is 2. The number of anilines is 1. The van der Waals surface area contributed by atoms with Gasteiger partial charge in [0.05, 0.1) is 5.56 Å². The maximum atomic E-state index is 11.4. The molecule has 1 saturated heterocycles. The van der Waals surface area contributed by atoms with Crippen LogP contribution in [0.25, 0.3) is 0 Å². The van der Waals surface area contributed by atoms with Gasteiger partial charge in [-0.1, -0.05) is 6.92 Å². The highest BCUT2D eigenvalue weighted by molar-refractivity contribution is 5.97. The number of fused-ring (bicyclic) bond motifs is 1. The van der Waals surface area contributed by atoms with Crippen LogP contribution >= 0.6 is 0 Å². The summed E-state index contributed by atoms with van der Waals surface area (Å²) in [5.41, 5.74) is 6.42. The molecule has 3 rings (SSSR count). The number of nitrogens with two attached hydrogens (primary N) is 1. The van der Waals surface area contributed by atoms with Crippen LogP contribution in [-0.2, 0) is 0 Å². The Morgan fingerprint density at radius 1 is 1.71 bits per heavy atom. The van der Waals surface area contributed by atoms with Gasteiger partial charge in [0.15, 0.2) is 0 Å². The summed E-state index contributed by atoms with van der Waals surface area (Å²) >= 11 is 0. The average Bonchev–Trinajstić information content (AvgIpc) is 2.91. The fraction of sp³-hybridized carbons (Fsp3) is 0.538. The molecule has 2 heterocycles. The molecule has 2 fully saturated rings. The number of rotatable bonds is 3. The van der Waals surface area contributed by atoms with Crippen molar-refractivity contribution in [1.82, 2.24) is 4.98 Å². The Labute approximate surface area is 101 Å². The molecule has 1 saturated carbocycles. The molecule has 0 bridgehead atoms. The molecule has 90 valence electrons. The molecule has 1 aliphatic heterocycles. The third-order valence-electron chi connectivity index (χ3n) is 4.36.